The summed E-state index contributed by atoms with van der Waals surface area (Å²) in [6.07, 6.45) is 1.60. The number of hydrogen-bond donors (Lipinski definition) is 0. The van der Waals surface area contributed by atoms with Crippen LogP contribution in [0, 0.1) is 17.1 Å². The summed E-state index contributed by atoms with van der Waals surface area (Å²) in [5.41, 5.74) is 0.366. The number of halogens is 1. The van der Waals surface area contributed by atoms with Gasteiger partial charge in [0.25, 0.3) is 0 Å². The van der Waals surface area contributed by atoms with Gasteiger partial charge in [-0.3, -0.25) is 4.40 Å². The van der Waals surface area contributed by atoms with Gasteiger partial charge in [0, 0.05) is 11.8 Å². The van der Waals surface area contributed by atoms with E-state index in [9.17, 15) is 9.18 Å². The average Bonchev–Trinajstić information content (AvgIpc) is 2.78. The molecule has 98 valence electrons. The number of pyridine rings is 1. The van der Waals surface area contributed by atoms with Gasteiger partial charge in [-0.15, -0.1) is 5.10 Å². The zero-order valence-corrected chi connectivity index (χ0v) is 10.3. The second-order valence-corrected chi connectivity index (χ2v) is 4.26. The molecule has 0 aliphatic rings. The van der Waals surface area contributed by atoms with E-state index in [4.69, 9.17) is 5.26 Å². The first-order chi connectivity index (χ1) is 9.70. The van der Waals surface area contributed by atoms with Gasteiger partial charge in [-0.1, -0.05) is 18.2 Å². The van der Waals surface area contributed by atoms with Crippen LogP contribution in [0.4, 0.5) is 4.39 Å². The lowest BCUT2D eigenvalue weighted by Crippen LogP contribution is -2.22. The molecule has 6 heteroatoms. The van der Waals surface area contributed by atoms with Crippen LogP contribution in [-0.2, 0) is 6.54 Å². The highest BCUT2D eigenvalue weighted by Crippen LogP contribution is 2.12. The van der Waals surface area contributed by atoms with E-state index in [0.29, 0.717) is 5.65 Å². The van der Waals surface area contributed by atoms with Crippen LogP contribution in [0.1, 0.15) is 11.1 Å². The third-order valence-corrected chi connectivity index (χ3v) is 3.01. The van der Waals surface area contributed by atoms with Gasteiger partial charge in [0.1, 0.15) is 11.9 Å². The second-order valence-electron chi connectivity index (χ2n) is 4.26. The molecule has 5 nitrogen and oxygen atoms in total. The maximum absolute atomic E-state index is 14.0. The fraction of sp³-hybridized carbons (Fsp3) is 0.0714. The Morgan fingerprint density at radius 2 is 2.10 bits per heavy atom. The SMILES string of the molecule is N#Cc1cccc(Cn2nc3ccccn3c2=O)c1F. The summed E-state index contributed by atoms with van der Waals surface area (Å²) in [4.78, 5) is 12.1. The van der Waals surface area contributed by atoms with Gasteiger partial charge in [-0.2, -0.15) is 5.26 Å². The van der Waals surface area contributed by atoms with E-state index in [1.165, 1.54) is 21.2 Å². The molecule has 0 spiro atoms. The lowest BCUT2D eigenvalue weighted by Gasteiger charge is -2.03. The van der Waals surface area contributed by atoms with Gasteiger partial charge in [-0.25, -0.2) is 13.9 Å². The zero-order valence-electron chi connectivity index (χ0n) is 10.3. The molecular formula is C14H9FN4O. The molecule has 0 N–H and O–H groups in total. The molecule has 0 bridgehead atoms. The Morgan fingerprint density at radius 1 is 1.25 bits per heavy atom. The predicted molar refractivity (Wildman–Crippen MR) is 69.7 cm³/mol. The van der Waals surface area contributed by atoms with Gasteiger partial charge in [0.15, 0.2) is 5.65 Å². The van der Waals surface area contributed by atoms with Crippen molar-refractivity contribution in [2.75, 3.05) is 0 Å². The van der Waals surface area contributed by atoms with E-state index < -0.39 is 5.82 Å². The highest BCUT2D eigenvalue weighted by molar-refractivity contribution is 5.37. The van der Waals surface area contributed by atoms with Crippen molar-refractivity contribution in [2.45, 2.75) is 6.54 Å². The van der Waals surface area contributed by atoms with Crippen molar-refractivity contribution in [2.24, 2.45) is 0 Å². The third-order valence-electron chi connectivity index (χ3n) is 3.01. The zero-order chi connectivity index (χ0) is 14.1. The van der Waals surface area contributed by atoms with Crippen molar-refractivity contribution in [3.63, 3.8) is 0 Å². The van der Waals surface area contributed by atoms with Crippen LogP contribution in [-0.4, -0.2) is 14.2 Å². The van der Waals surface area contributed by atoms with Crippen LogP contribution >= 0.6 is 0 Å². The van der Waals surface area contributed by atoms with Crippen LogP contribution in [0.15, 0.2) is 47.4 Å². The molecule has 3 rings (SSSR count). The fourth-order valence-electron chi connectivity index (χ4n) is 2.02. The molecule has 0 saturated carbocycles. The number of rotatable bonds is 2. The van der Waals surface area contributed by atoms with Crippen molar-refractivity contribution < 1.29 is 4.39 Å². The average molecular weight is 268 g/mol. The van der Waals surface area contributed by atoms with E-state index in [2.05, 4.69) is 5.10 Å². The largest absolute Gasteiger partial charge is 0.350 e. The van der Waals surface area contributed by atoms with Gasteiger partial charge in [0.05, 0.1) is 12.1 Å². The van der Waals surface area contributed by atoms with Crippen LogP contribution < -0.4 is 5.69 Å². The number of aromatic nitrogens is 3. The second kappa shape index (κ2) is 4.63. The molecule has 0 saturated heterocycles. The van der Waals surface area contributed by atoms with Gasteiger partial charge in [-0.05, 0) is 18.2 Å². The Bertz CT molecular complexity index is 888. The Balaban J connectivity index is 2.09. The van der Waals surface area contributed by atoms with E-state index in [1.54, 1.807) is 36.5 Å². The summed E-state index contributed by atoms with van der Waals surface area (Å²) >= 11 is 0. The first-order valence-electron chi connectivity index (χ1n) is 5.92. The van der Waals surface area contributed by atoms with Gasteiger partial charge in [0.2, 0.25) is 0 Å². The molecule has 0 fully saturated rings. The molecule has 3 aromatic rings. The van der Waals surface area contributed by atoms with Crippen molar-refractivity contribution in [3.05, 3.63) is 70.0 Å². The third kappa shape index (κ3) is 1.86. The number of fused-ring (bicyclic) bond motifs is 1. The van der Waals surface area contributed by atoms with Crippen LogP contribution in [0.25, 0.3) is 5.65 Å². The summed E-state index contributed by atoms with van der Waals surface area (Å²) in [5.74, 6) is -0.612. The first kappa shape index (κ1) is 12.1. The molecule has 0 atom stereocenters. The molecular weight excluding hydrogens is 259 g/mol. The van der Waals surface area contributed by atoms with Crippen molar-refractivity contribution in [1.29, 1.82) is 5.26 Å². The molecule has 1 aromatic carbocycles. The quantitative estimate of drug-likeness (QED) is 0.708. The Morgan fingerprint density at radius 3 is 2.85 bits per heavy atom. The molecule has 0 radical (unpaired) electrons. The van der Waals surface area contributed by atoms with E-state index in [0.717, 1.165) is 0 Å². The molecule has 2 aromatic heterocycles. The molecule has 2 heterocycles. The Kier molecular flexibility index (Phi) is 2.80. The van der Waals surface area contributed by atoms with E-state index in [1.807, 2.05) is 0 Å². The monoisotopic (exact) mass is 268 g/mol. The number of nitrogens with zero attached hydrogens (tertiary/aromatic N) is 4. The summed E-state index contributed by atoms with van der Waals surface area (Å²) < 4.78 is 16.5. The molecule has 0 unspecified atom stereocenters. The van der Waals surface area contributed by atoms with Crippen molar-refractivity contribution in [1.82, 2.24) is 14.2 Å². The van der Waals surface area contributed by atoms with E-state index in [-0.39, 0.29) is 23.4 Å². The highest BCUT2D eigenvalue weighted by Gasteiger charge is 2.11. The molecule has 0 aliphatic heterocycles. The summed E-state index contributed by atoms with van der Waals surface area (Å²) in [6, 6.07) is 11.5. The number of nitriles is 1. The lowest BCUT2D eigenvalue weighted by atomic mass is 10.1. The Hall–Kier alpha value is -2.94. The summed E-state index contributed by atoms with van der Waals surface area (Å²) in [5, 5.41) is 12.9. The summed E-state index contributed by atoms with van der Waals surface area (Å²) in [7, 11) is 0. The minimum atomic E-state index is -0.612. The minimum Gasteiger partial charge on any atom is -0.250 e. The van der Waals surface area contributed by atoms with E-state index >= 15 is 0 Å². The molecule has 20 heavy (non-hydrogen) atoms. The van der Waals surface area contributed by atoms with Crippen LogP contribution in [0.5, 0.6) is 0 Å². The van der Waals surface area contributed by atoms with Gasteiger partial charge >= 0.3 is 5.69 Å². The van der Waals surface area contributed by atoms with Crippen LogP contribution in [0.2, 0.25) is 0 Å². The normalized spacial score (nSPS) is 10.6. The lowest BCUT2D eigenvalue weighted by molar-refractivity contribution is 0.575. The summed E-state index contributed by atoms with van der Waals surface area (Å²) in [6.45, 7) is -0.0120. The standard InChI is InChI=1S/C14H9FN4O/c15-13-10(8-16)4-3-5-11(13)9-19-14(20)18-7-2-1-6-12(18)17-19/h1-7H,9H2. The predicted octanol–water partition coefficient (Wildman–Crippen LogP) is 1.56. The first-order valence-corrected chi connectivity index (χ1v) is 5.92. The minimum absolute atomic E-state index is 0.0120. The number of benzene rings is 1. The van der Waals surface area contributed by atoms with Crippen LogP contribution in [0.3, 0.4) is 0 Å². The highest BCUT2D eigenvalue weighted by atomic mass is 19.1. The van der Waals surface area contributed by atoms with Crippen molar-refractivity contribution >= 4 is 5.65 Å². The molecule has 0 aliphatic carbocycles. The number of hydrogen-bond acceptors (Lipinski definition) is 3. The topological polar surface area (TPSA) is 63.1 Å². The maximum Gasteiger partial charge on any atom is 0.350 e. The fourth-order valence-corrected chi connectivity index (χ4v) is 2.02. The smallest absolute Gasteiger partial charge is 0.250 e. The van der Waals surface area contributed by atoms with Crippen molar-refractivity contribution in [3.8, 4) is 6.07 Å². The maximum atomic E-state index is 14.0. The molecule has 0 amide bonds. The Labute approximate surface area is 113 Å². The van der Waals surface area contributed by atoms with Gasteiger partial charge < -0.3 is 0 Å².